The highest BCUT2D eigenvalue weighted by molar-refractivity contribution is 5.73. The summed E-state index contributed by atoms with van der Waals surface area (Å²) >= 11 is 0. The molecule has 0 radical (unpaired) electrons. The summed E-state index contributed by atoms with van der Waals surface area (Å²) < 4.78 is 18.7. The normalized spacial score (nSPS) is 9.61. The summed E-state index contributed by atoms with van der Waals surface area (Å²) in [5, 5.41) is 11.9. The van der Waals surface area contributed by atoms with Crippen molar-refractivity contribution in [2.75, 3.05) is 12.4 Å². The van der Waals surface area contributed by atoms with Crippen molar-refractivity contribution in [3.63, 3.8) is 0 Å². The van der Waals surface area contributed by atoms with Gasteiger partial charge in [0.05, 0.1) is 24.0 Å². The first-order chi connectivity index (χ1) is 8.76. The number of nitrogens with one attached hydrogen (secondary N) is 1. The van der Waals surface area contributed by atoms with Crippen molar-refractivity contribution >= 4 is 11.4 Å². The first kappa shape index (κ1) is 11.9. The van der Waals surface area contributed by atoms with Gasteiger partial charge >= 0.3 is 0 Å². The number of hydrogen-bond acceptors (Lipinski definition) is 3. The molecule has 1 N–H and O–H groups in total. The van der Waals surface area contributed by atoms with Crippen molar-refractivity contribution in [1.29, 1.82) is 5.26 Å². The zero-order chi connectivity index (χ0) is 13.0. The van der Waals surface area contributed by atoms with E-state index in [1.807, 2.05) is 6.07 Å². The largest absolute Gasteiger partial charge is 0.495 e. The second-order valence-corrected chi connectivity index (χ2v) is 3.60. The lowest BCUT2D eigenvalue weighted by atomic mass is 10.1. The van der Waals surface area contributed by atoms with Crippen LogP contribution in [0.15, 0.2) is 42.5 Å². The van der Waals surface area contributed by atoms with Gasteiger partial charge in [-0.05, 0) is 24.3 Å². The number of nitrogens with zero attached hydrogens (tertiary/aromatic N) is 1. The van der Waals surface area contributed by atoms with Crippen LogP contribution in [0.5, 0.6) is 5.75 Å². The predicted molar refractivity (Wildman–Crippen MR) is 67.4 cm³/mol. The fourth-order valence-corrected chi connectivity index (χ4v) is 1.62. The van der Waals surface area contributed by atoms with Crippen LogP contribution < -0.4 is 10.1 Å². The van der Waals surface area contributed by atoms with Crippen molar-refractivity contribution < 1.29 is 9.13 Å². The Labute approximate surface area is 104 Å². The van der Waals surface area contributed by atoms with E-state index in [1.54, 1.807) is 36.4 Å². The Bertz CT molecular complexity index is 605. The molecular formula is C14H11FN2O. The summed E-state index contributed by atoms with van der Waals surface area (Å²) in [6, 6.07) is 13.4. The van der Waals surface area contributed by atoms with Gasteiger partial charge in [-0.3, -0.25) is 0 Å². The molecule has 2 aromatic rings. The molecule has 0 heterocycles. The number of nitriles is 1. The summed E-state index contributed by atoms with van der Waals surface area (Å²) in [5.41, 5.74) is 1.17. The Kier molecular flexibility index (Phi) is 3.44. The van der Waals surface area contributed by atoms with Crippen molar-refractivity contribution in [1.82, 2.24) is 0 Å². The van der Waals surface area contributed by atoms with Crippen LogP contribution in [0.4, 0.5) is 15.8 Å². The highest BCUT2D eigenvalue weighted by Crippen LogP contribution is 2.31. The smallest absolute Gasteiger partial charge is 0.146 e. The Morgan fingerprint density at radius 3 is 2.61 bits per heavy atom. The topological polar surface area (TPSA) is 45.0 Å². The van der Waals surface area contributed by atoms with E-state index in [0.29, 0.717) is 22.7 Å². The quantitative estimate of drug-likeness (QED) is 0.896. The van der Waals surface area contributed by atoms with E-state index in [0.717, 1.165) is 0 Å². The molecule has 0 aromatic heterocycles. The van der Waals surface area contributed by atoms with E-state index in [2.05, 4.69) is 5.32 Å². The molecule has 3 nitrogen and oxygen atoms in total. The van der Waals surface area contributed by atoms with Crippen molar-refractivity contribution in [3.8, 4) is 11.8 Å². The summed E-state index contributed by atoms with van der Waals surface area (Å²) in [6.07, 6.45) is 0. The lowest BCUT2D eigenvalue weighted by Gasteiger charge is -2.13. The molecule has 2 aromatic carbocycles. The molecule has 0 aliphatic heterocycles. The monoisotopic (exact) mass is 242 g/mol. The van der Waals surface area contributed by atoms with Crippen LogP contribution in [0.2, 0.25) is 0 Å². The molecule has 0 aliphatic carbocycles. The van der Waals surface area contributed by atoms with Gasteiger partial charge in [0, 0.05) is 0 Å². The van der Waals surface area contributed by atoms with E-state index < -0.39 is 0 Å². The Hall–Kier alpha value is -2.54. The van der Waals surface area contributed by atoms with Gasteiger partial charge in [0.2, 0.25) is 0 Å². The molecule has 0 saturated carbocycles. The van der Waals surface area contributed by atoms with Gasteiger partial charge < -0.3 is 10.1 Å². The van der Waals surface area contributed by atoms with E-state index in [-0.39, 0.29) is 5.82 Å². The van der Waals surface area contributed by atoms with Gasteiger partial charge in [0.25, 0.3) is 0 Å². The number of ether oxygens (including phenoxy) is 1. The van der Waals surface area contributed by atoms with Gasteiger partial charge in [-0.15, -0.1) is 0 Å². The molecule has 2 rings (SSSR count). The van der Waals surface area contributed by atoms with E-state index in [4.69, 9.17) is 10.00 Å². The number of hydrogen-bond donors (Lipinski definition) is 1. The second-order valence-electron chi connectivity index (χ2n) is 3.60. The summed E-state index contributed by atoms with van der Waals surface area (Å²) in [6.45, 7) is 0. The van der Waals surface area contributed by atoms with Crippen molar-refractivity contribution in [2.24, 2.45) is 0 Å². The van der Waals surface area contributed by atoms with E-state index in [9.17, 15) is 4.39 Å². The fourth-order valence-electron chi connectivity index (χ4n) is 1.62. The number of rotatable bonds is 3. The van der Waals surface area contributed by atoms with Gasteiger partial charge in [0.15, 0.2) is 0 Å². The molecule has 0 unspecified atom stereocenters. The number of benzene rings is 2. The van der Waals surface area contributed by atoms with Crippen LogP contribution in [0.25, 0.3) is 0 Å². The Morgan fingerprint density at radius 1 is 1.17 bits per heavy atom. The van der Waals surface area contributed by atoms with E-state index in [1.165, 1.54) is 13.2 Å². The maximum atomic E-state index is 13.6. The number of anilines is 2. The van der Waals surface area contributed by atoms with Crippen LogP contribution in [0, 0.1) is 17.1 Å². The minimum absolute atomic E-state index is 0.304. The third-order valence-electron chi connectivity index (χ3n) is 2.50. The zero-order valence-electron chi connectivity index (χ0n) is 9.77. The SMILES string of the molecule is COc1cccc(C#N)c1Nc1ccccc1F. The predicted octanol–water partition coefficient (Wildman–Crippen LogP) is 3.45. The second kappa shape index (κ2) is 5.19. The maximum absolute atomic E-state index is 13.6. The number of halogens is 1. The summed E-state index contributed by atoms with van der Waals surface area (Å²) in [4.78, 5) is 0. The average molecular weight is 242 g/mol. The summed E-state index contributed by atoms with van der Waals surface area (Å²) in [5.74, 6) is 0.115. The molecule has 18 heavy (non-hydrogen) atoms. The standard InChI is InChI=1S/C14H11FN2O/c1-18-13-8-4-5-10(9-16)14(13)17-12-7-3-2-6-11(12)15/h2-8,17H,1H3. The summed E-state index contributed by atoms with van der Waals surface area (Å²) in [7, 11) is 1.50. The van der Waals surface area contributed by atoms with Crippen LogP contribution in [-0.4, -0.2) is 7.11 Å². The van der Waals surface area contributed by atoms with Crippen LogP contribution in [0.1, 0.15) is 5.56 Å². The van der Waals surface area contributed by atoms with Gasteiger partial charge in [-0.2, -0.15) is 5.26 Å². The molecule has 0 saturated heterocycles. The molecule has 0 bridgehead atoms. The van der Waals surface area contributed by atoms with Gasteiger partial charge in [0.1, 0.15) is 17.6 Å². The van der Waals surface area contributed by atoms with Gasteiger partial charge in [-0.25, -0.2) is 4.39 Å². The lowest BCUT2D eigenvalue weighted by molar-refractivity contribution is 0.416. The first-order valence-electron chi connectivity index (χ1n) is 5.35. The Balaban J connectivity index is 2.46. The minimum Gasteiger partial charge on any atom is -0.495 e. The average Bonchev–Trinajstić information content (AvgIpc) is 2.41. The molecular weight excluding hydrogens is 231 g/mol. The molecule has 0 fully saturated rings. The highest BCUT2D eigenvalue weighted by atomic mass is 19.1. The van der Waals surface area contributed by atoms with E-state index >= 15 is 0 Å². The third kappa shape index (κ3) is 2.25. The highest BCUT2D eigenvalue weighted by Gasteiger charge is 2.10. The van der Waals surface area contributed by atoms with Crippen molar-refractivity contribution in [3.05, 3.63) is 53.8 Å². The molecule has 0 amide bonds. The first-order valence-corrected chi connectivity index (χ1v) is 5.35. The number of para-hydroxylation sites is 2. The molecule has 0 aliphatic rings. The molecule has 0 spiro atoms. The molecule has 0 atom stereocenters. The molecule has 90 valence electrons. The van der Waals surface area contributed by atoms with Crippen LogP contribution in [-0.2, 0) is 0 Å². The zero-order valence-corrected chi connectivity index (χ0v) is 9.77. The maximum Gasteiger partial charge on any atom is 0.146 e. The number of methoxy groups -OCH3 is 1. The van der Waals surface area contributed by atoms with Crippen molar-refractivity contribution in [2.45, 2.75) is 0 Å². The van der Waals surface area contributed by atoms with Gasteiger partial charge in [-0.1, -0.05) is 18.2 Å². The lowest BCUT2D eigenvalue weighted by Crippen LogP contribution is -1.99. The third-order valence-corrected chi connectivity index (χ3v) is 2.50. The minimum atomic E-state index is -0.382. The van der Waals surface area contributed by atoms with Crippen LogP contribution in [0.3, 0.4) is 0 Å². The Morgan fingerprint density at radius 2 is 1.94 bits per heavy atom. The molecule has 4 heteroatoms. The van der Waals surface area contributed by atoms with Crippen LogP contribution >= 0.6 is 0 Å². The fraction of sp³-hybridized carbons (Fsp3) is 0.0714.